The number of hydrogen-bond donors (Lipinski definition) is 1. The average Bonchev–Trinajstić information content (AvgIpc) is 3.24. The number of amides is 1. The van der Waals surface area contributed by atoms with Crippen molar-refractivity contribution in [2.24, 2.45) is 14.1 Å². The monoisotopic (exact) mass is 395 g/mol. The predicted molar refractivity (Wildman–Crippen MR) is 101 cm³/mol. The standard InChI is InChI=1S/C18H14FN7O3/c1-24-15-11(17(28)25(2)18(24)29)4-5-13(23-15)16(27)22-10-3-6-14(12(19)7-10)26-9-20-8-21-26/h3-9H,1-2H3,(H,22,27). The quantitative estimate of drug-likeness (QED) is 0.543. The van der Waals surface area contributed by atoms with Crippen molar-refractivity contribution in [3.63, 3.8) is 0 Å². The van der Waals surface area contributed by atoms with Gasteiger partial charge in [-0.2, -0.15) is 5.10 Å². The maximum atomic E-state index is 14.3. The molecule has 0 aliphatic heterocycles. The van der Waals surface area contributed by atoms with Crippen LogP contribution in [0.1, 0.15) is 10.5 Å². The molecule has 1 aromatic carbocycles. The Kier molecular flexibility index (Phi) is 4.26. The summed E-state index contributed by atoms with van der Waals surface area (Å²) >= 11 is 0. The molecule has 11 heteroatoms. The fraction of sp³-hybridized carbons (Fsp3) is 0.111. The van der Waals surface area contributed by atoms with E-state index in [1.807, 2.05) is 0 Å². The molecule has 4 aromatic rings. The third-order valence-electron chi connectivity index (χ3n) is 4.41. The topological polar surface area (TPSA) is 117 Å². The van der Waals surface area contributed by atoms with E-state index in [9.17, 15) is 18.8 Å². The second-order valence-electron chi connectivity index (χ2n) is 6.23. The Labute approximate surface area is 161 Å². The molecular formula is C18H14FN7O3. The van der Waals surface area contributed by atoms with Gasteiger partial charge in [0, 0.05) is 19.8 Å². The number of aryl methyl sites for hydroxylation is 1. The van der Waals surface area contributed by atoms with Gasteiger partial charge in [0.05, 0.1) is 5.39 Å². The number of pyridine rings is 1. The van der Waals surface area contributed by atoms with Gasteiger partial charge < -0.3 is 5.32 Å². The summed E-state index contributed by atoms with van der Waals surface area (Å²) in [6.07, 6.45) is 2.63. The molecule has 1 amide bonds. The van der Waals surface area contributed by atoms with E-state index in [4.69, 9.17) is 0 Å². The number of fused-ring (bicyclic) bond motifs is 1. The van der Waals surface area contributed by atoms with E-state index in [1.165, 1.54) is 60.3 Å². The largest absolute Gasteiger partial charge is 0.332 e. The summed E-state index contributed by atoms with van der Waals surface area (Å²) in [4.78, 5) is 44.7. The third-order valence-corrected chi connectivity index (χ3v) is 4.41. The second-order valence-corrected chi connectivity index (χ2v) is 6.23. The molecule has 0 saturated heterocycles. The molecule has 0 aliphatic rings. The molecule has 1 N–H and O–H groups in total. The van der Waals surface area contributed by atoms with E-state index >= 15 is 0 Å². The summed E-state index contributed by atoms with van der Waals surface area (Å²) in [6.45, 7) is 0. The van der Waals surface area contributed by atoms with E-state index < -0.39 is 23.0 Å². The van der Waals surface area contributed by atoms with Gasteiger partial charge >= 0.3 is 5.69 Å². The minimum Gasteiger partial charge on any atom is -0.321 e. The fourth-order valence-electron chi connectivity index (χ4n) is 2.88. The van der Waals surface area contributed by atoms with E-state index in [0.29, 0.717) is 0 Å². The Bertz CT molecular complexity index is 1370. The number of nitrogens with one attached hydrogen (secondary N) is 1. The normalized spacial score (nSPS) is 11.0. The van der Waals surface area contributed by atoms with Crippen molar-refractivity contribution < 1.29 is 9.18 Å². The van der Waals surface area contributed by atoms with Gasteiger partial charge in [-0.3, -0.25) is 18.7 Å². The SMILES string of the molecule is Cn1c(=O)c2ccc(C(=O)Nc3ccc(-n4cncn4)c(F)c3)nc2n(C)c1=O. The van der Waals surface area contributed by atoms with Crippen molar-refractivity contribution >= 4 is 22.6 Å². The van der Waals surface area contributed by atoms with E-state index in [2.05, 4.69) is 20.4 Å². The van der Waals surface area contributed by atoms with Gasteiger partial charge in [-0.25, -0.2) is 23.8 Å². The lowest BCUT2D eigenvalue weighted by atomic mass is 10.2. The van der Waals surface area contributed by atoms with Crippen LogP contribution in [0.2, 0.25) is 0 Å². The number of hydrogen-bond acceptors (Lipinski definition) is 6. The van der Waals surface area contributed by atoms with Gasteiger partial charge in [-0.15, -0.1) is 0 Å². The lowest BCUT2D eigenvalue weighted by molar-refractivity contribution is 0.102. The summed E-state index contributed by atoms with van der Waals surface area (Å²) in [7, 11) is 2.82. The fourth-order valence-corrected chi connectivity index (χ4v) is 2.88. The molecule has 0 spiro atoms. The summed E-state index contributed by atoms with van der Waals surface area (Å²) in [5.74, 6) is -1.22. The number of halogens is 1. The lowest BCUT2D eigenvalue weighted by Gasteiger charge is -2.10. The highest BCUT2D eigenvalue weighted by atomic mass is 19.1. The number of benzene rings is 1. The van der Waals surface area contributed by atoms with E-state index in [1.54, 1.807) is 0 Å². The Balaban J connectivity index is 1.67. The van der Waals surface area contributed by atoms with Crippen molar-refractivity contribution in [1.29, 1.82) is 0 Å². The Morgan fingerprint density at radius 2 is 1.90 bits per heavy atom. The molecule has 0 bridgehead atoms. The minimum atomic E-state index is -0.618. The van der Waals surface area contributed by atoms with Crippen LogP contribution in [0.25, 0.3) is 16.7 Å². The Morgan fingerprint density at radius 3 is 2.59 bits per heavy atom. The van der Waals surface area contributed by atoms with Crippen LogP contribution in [-0.4, -0.2) is 34.8 Å². The molecule has 3 aromatic heterocycles. The molecule has 0 fully saturated rings. The number of anilines is 1. The van der Waals surface area contributed by atoms with Gasteiger partial charge in [0.25, 0.3) is 11.5 Å². The molecule has 10 nitrogen and oxygen atoms in total. The molecule has 29 heavy (non-hydrogen) atoms. The molecule has 4 rings (SSSR count). The van der Waals surface area contributed by atoms with E-state index in [-0.39, 0.29) is 28.1 Å². The van der Waals surface area contributed by atoms with Gasteiger partial charge in [0.15, 0.2) is 5.82 Å². The van der Waals surface area contributed by atoms with Crippen LogP contribution in [0.3, 0.4) is 0 Å². The van der Waals surface area contributed by atoms with Crippen molar-refractivity contribution in [3.05, 3.63) is 75.3 Å². The van der Waals surface area contributed by atoms with Crippen molar-refractivity contribution in [2.45, 2.75) is 0 Å². The first-order valence-electron chi connectivity index (χ1n) is 8.39. The summed E-state index contributed by atoms with van der Waals surface area (Å²) in [6, 6.07) is 6.88. The van der Waals surface area contributed by atoms with Gasteiger partial charge in [-0.1, -0.05) is 0 Å². The predicted octanol–water partition coefficient (Wildman–Crippen LogP) is 0.604. The zero-order valence-corrected chi connectivity index (χ0v) is 15.3. The van der Waals surface area contributed by atoms with Crippen LogP contribution in [0.15, 0.2) is 52.6 Å². The van der Waals surface area contributed by atoms with Crippen LogP contribution in [-0.2, 0) is 14.1 Å². The Morgan fingerprint density at radius 1 is 1.10 bits per heavy atom. The maximum Gasteiger partial charge on any atom is 0.332 e. The number of carbonyl (C=O) groups is 1. The highest BCUT2D eigenvalue weighted by Crippen LogP contribution is 2.18. The molecule has 3 heterocycles. The van der Waals surface area contributed by atoms with Crippen LogP contribution in [0.4, 0.5) is 10.1 Å². The molecule has 0 radical (unpaired) electrons. The van der Waals surface area contributed by atoms with Crippen LogP contribution in [0.5, 0.6) is 0 Å². The number of carbonyl (C=O) groups excluding carboxylic acids is 1. The molecule has 0 unspecified atom stereocenters. The highest BCUT2D eigenvalue weighted by Gasteiger charge is 2.15. The summed E-state index contributed by atoms with van der Waals surface area (Å²) < 4.78 is 17.7. The first-order chi connectivity index (χ1) is 13.9. The number of nitrogens with zero attached hydrogens (tertiary/aromatic N) is 6. The molecule has 146 valence electrons. The zero-order valence-electron chi connectivity index (χ0n) is 15.3. The van der Waals surface area contributed by atoms with Crippen molar-refractivity contribution in [2.75, 3.05) is 5.32 Å². The van der Waals surface area contributed by atoms with Crippen molar-refractivity contribution in [1.82, 2.24) is 28.9 Å². The molecular weight excluding hydrogens is 381 g/mol. The minimum absolute atomic E-state index is 0.0264. The lowest BCUT2D eigenvalue weighted by Crippen LogP contribution is -2.37. The van der Waals surface area contributed by atoms with Gasteiger partial charge in [-0.05, 0) is 30.3 Å². The van der Waals surface area contributed by atoms with E-state index in [0.717, 1.165) is 10.6 Å². The smallest absolute Gasteiger partial charge is 0.321 e. The third kappa shape index (κ3) is 3.08. The first-order valence-corrected chi connectivity index (χ1v) is 8.39. The first kappa shape index (κ1) is 18.2. The number of rotatable bonds is 3. The maximum absolute atomic E-state index is 14.3. The zero-order chi connectivity index (χ0) is 20.7. The van der Waals surface area contributed by atoms with Gasteiger partial charge in [0.1, 0.15) is 29.7 Å². The highest BCUT2D eigenvalue weighted by molar-refractivity contribution is 6.03. The van der Waals surface area contributed by atoms with Gasteiger partial charge in [0.2, 0.25) is 0 Å². The molecule has 0 aliphatic carbocycles. The Hall–Kier alpha value is -4.15. The van der Waals surface area contributed by atoms with Crippen LogP contribution >= 0.6 is 0 Å². The summed E-state index contributed by atoms with van der Waals surface area (Å²) in [5.41, 5.74) is -0.627. The van der Waals surface area contributed by atoms with Crippen LogP contribution < -0.4 is 16.6 Å². The van der Waals surface area contributed by atoms with Crippen LogP contribution in [0, 0.1) is 5.82 Å². The second kappa shape index (κ2) is 6.78. The number of aromatic nitrogens is 6. The average molecular weight is 395 g/mol. The molecule has 0 atom stereocenters. The summed E-state index contributed by atoms with van der Waals surface area (Å²) in [5, 5.41) is 6.60. The molecule has 0 saturated carbocycles. The van der Waals surface area contributed by atoms with Crippen molar-refractivity contribution in [3.8, 4) is 5.69 Å².